The van der Waals surface area contributed by atoms with E-state index in [0.717, 1.165) is 25.9 Å². The number of quaternary nitrogens is 1. The second-order valence-corrected chi connectivity index (χ2v) is 6.97. The number of piperidine rings is 1. The molecule has 2 amide bonds. The van der Waals surface area contributed by atoms with E-state index in [-0.39, 0.29) is 36.4 Å². The number of carbonyl (C=O) groups excluding carboxylic acids is 3. The van der Waals surface area contributed by atoms with Gasteiger partial charge in [-0.15, -0.1) is 0 Å². The van der Waals surface area contributed by atoms with Crippen molar-refractivity contribution >= 4 is 17.8 Å². The van der Waals surface area contributed by atoms with E-state index in [9.17, 15) is 18.8 Å². The third-order valence-corrected chi connectivity index (χ3v) is 5.28. The second-order valence-electron chi connectivity index (χ2n) is 6.97. The zero-order chi connectivity index (χ0) is 19.4. The number of hydrogen-bond donors (Lipinski definition) is 1. The number of ether oxygens (including phenoxy) is 1. The van der Waals surface area contributed by atoms with Gasteiger partial charge in [0, 0.05) is 37.4 Å². The van der Waals surface area contributed by atoms with E-state index < -0.39 is 17.8 Å². The van der Waals surface area contributed by atoms with Crippen molar-refractivity contribution in [3.05, 3.63) is 35.6 Å². The number of hydrogen-bond acceptors (Lipinski definition) is 4. The molecule has 0 aliphatic carbocycles. The summed E-state index contributed by atoms with van der Waals surface area (Å²) in [6.45, 7) is 2.41. The molecule has 2 fully saturated rings. The summed E-state index contributed by atoms with van der Waals surface area (Å²) in [6, 6.07) is 4.62. The largest absolute Gasteiger partial charge is 0.467 e. The first-order chi connectivity index (χ1) is 13.0. The number of carbonyl (C=O) groups is 3. The molecule has 0 unspecified atom stereocenters. The SMILES string of the molecule is COC(=O)[C@@H]1CN(C(=O)c2cccc(F)c2)CCN1C(=O)C1CC[NH2+]CC1. The monoisotopic (exact) mass is 378 g/mol. The first-order valence-corrected chi connectivity index (χ1v) is 9.26. The van der Waals surface area contributed by atoms with Gasteiger partial charge in [-0.2, -0.15) is 0 Å². The van der Waals surface area contributed by atoms with Crippen molar-refractivity contribution in [2.75, 3.05) is 39.8 Å². The first kappa shape index (κ1) is 19.3. The van der Waals surface area contributed by atoms with Gasteiger partial charge in [-0.25, -0.2) is 9.18 Å². The summed E-state index contributed by atoms with van der Waals surface area (Å²) in [5.41, 5.74) is 0.223. The molecule has 0 aromatic heterocycles. The van der Waals surface area contributed by atoms with Crippen molar-refractivity contribution < 1.29 is 28.8 Å². The summed E-state index contributed by atoms with van der Waals surface area (Å²) in [4.78, 5) is 40.9. The van der Waals surface area contributed by atoms with Crippen molar-refractivity contribution in [2.24, 2.45) is 5.92 Å². The van der Waals surface area contributed by atoms with Gasteiger partial charge in [0.25, 0.3) is 5.91 Å². The molecule has 146 valence electrons. The van der Waals surface area contributed by atoms with E-state index in [4.69, 9.17) is 4.74 Å². The molecule has 1 atom stereocenters. The van der Waals surface area contributed by atoms with Gasteiger partial charge in [-0.3, -0.25) is 9.59 Å². The van der Waals surface area contributed by atoms with E-state index in [1.807, 2.05) is 0 Å². The van der Waals surface area contributed by atoms with E-state index in [2.05, 4.69) is 5.32 Å². The van der Waals surface area contributed by atoms with Crippen molar-refractivity contribution in [1.82, 2.24) is 9.80 Å². The van der Waals surface area contributed by atoms with Crippen LogP contribution < -0.4 is 5.32 Å². The third-order valence-electron chi connectivity index (χ3n) is 5.28. The molecule has 8 heteroatoms. The van der Waals surface area contributed by atoms with Gasteiger partial charge in [0.1, 0.15) is 11.9 Å². The number of nitrogens with two attached hydrogens (primary N) is 1. The topological polar surface area (TPSA) is 83.5 Å². The average Bonchev–Trinajstić information content (AvgIpc) is 2.72. The highest BCUT2D eigenvalue weighted by molar-refractivity contribution is 5.95. The third kappa shape index (κ3) is 4.27. The molecule has 0 bridgehead atoms. The molecule has 2 saturated heterocycles. The lowest BCUT2D eigenvalue weighted by molar-refractivity contribution is -0.664. The highest BCUT2D eigenvalue weighted by atomic mass is 19.1. The summed E-state index contributed by atoms with van der Waals surface area (Å²) in [6.07, 6.45) is 1.57. The van der Waals surface area contributed by atoms with E-state index in [0.29, 0.717) is 6.54 Å². The van der Waals surface area contributed by atoms with Crippen LogP contribution in [0.3, 0.4) is 0 Å². The molecule has 2 aliphatic rings. The van der Waals surface area contributed by atoms with Crippen molar-refractivity contribution in [3.63, 3.8) is 0 Å². The van der Waals surface area contributed by atoms with Gasteiger partial charge in [0.2, 0.25) is 5.91 Å². The minimum atomic E-state index is -0.834. The lowest BCUT2D eigenvalue weighted by Crippen LogP contribution is -2.86. The molecule has 2 aliphatic heterocycles. The van der Waals surface area contributed by atoms with Crippen molar-refractivity contribution in [3.8, 4) is 0 Å². The Labute approximate surface area is 157 Å². The first-order valence-electron chi connectivity index (χ1n) is 9.26. The fourth-order valence-corrected chi connectivity index (χ4v) is 3.78. The number of halogens is 1. The summed E-state index contributed by atoms with van der Waals surface area (Å²) >= 11 is 0. The minimum absolute atomic E-state index is 0.0450. The predicted octanol–water partition coefficient (Wildman–Crippen LogP) is -0.375. The quantitative estimate of drug-likeness (QED) is 0.728. The van der Waals surface area contributed by atoms with Crippen LogP contribution in [-0.2, 0) is 14.3 Å². The maximum absolute atomic E-state index is 13.4. The van der Waals surface area contributed by atoms with Gasteiger partial charge in [-0.1, -0.05) is 6.07 Å². The van der Waals surface area contributed by atoms with Crippen LogP contribution in [0, 0.1) is 11.7 Å². The number of rotatable bonds is 3. The molecular formula is C19H25FN3O4+. The minimum Gasteiger partial charge on any atom is -0.467 e. The lowest BCUT2D eigenvalue weighted by atomic mass is 9.95. The molecular weight excluding hydrogens is 353 g/mol. The molecule has 1 aromatic carbocycles. The Morgan fingerprint density at radius 2 is 1.93 bits per heavy atom. The van der Waals surface area contributed by atoms with E-state index in [1.165, 1.54) is 36.3 Å². The Balaban J connectivity index is 1.75. The summed E-state index contributed by atoms with van der Waals surface area (Å²) in [7, 11) is 1.27. The number of methoxy groups -OCH3 is 1. The zero-order valence-corrected chi connectivity index (χ0v) is 15.4. The smallest absolute Gasteiger partial charge is 0.330 e. The Morgan fingerprint density at radius 1 is 1.19 bits per heavy atom. The molecule has 27 heavy (non-hydrogen) atoms. The number of esters is 1. The molecule has 0 spiro atoms. The van der Waals surface area contributed by atoms with Crippen LogP contribution in [0.4, 0.5) is 4.39 Å². The summed E-state index contributed by atoms with van der Waals surface area (Å²) in [5, 5.41) is 2.18. The molecule has 3 rings (SSSR count). The average molecular weight is 378 g/mol. The number of nitrogens with zero attached hydrogens (tertiary/aromatic N) is 2. The Bertz CT molecular complexity index is 721. The number of amides is 2. The fraction of sp³-hybridized carbons (Fsp3) is 0.526. The molecule has 0 saturated carbocycles. The van der Waals surface area contributed by atoms with Gasteiger partial charge in [0.05, 0.1) is 26.7 Å². The molecule has 1 aromatic rings. The fourth-order valence-electron chi connectivity index (χ4n) is 3.78. The predicted molar refractivity (Wildman–Crippen MR) is 94.2 cm³/mol. The normalized spacial score (nSPS) is 21.0. The highest BCUT2D eigenvalue weighted by Gasteiger charge is 2.40. The Morgan fingerprint density at radius 3 is 2.59 bits per heavy atom. The van der Waals surface area contributed by atoms with Crippen LogP contribution in [0.5, 0.6) is 0 Å². The summed E-state index contributed by atoms with van der Waals surface area (Å²) < 4.78 is 18.3. The molecule has 2 N–H and O–H groups in total. The van der Waals surface area contributed by atoms with Crippen LogP contribution in [0.1, 0.15) is 23.2 Å². The van der Waals surface area contributed by atoms with E-state index >= 15 is 0 Å². The van der Waals surface area contributed by atoms with Crippen LogP contribution in [0.2, 0.25) is 0 Å². The number of piperazine rings is 1. The van der Waals surface area contributed by atoms with Crippen LogP contribution >= 0.6 is 0 Å². The molecule has 2 heterocycles. The highest BCUT2D eigenvalue weighted by Crippen LogP contribution is 2.20. The lowest BCUT2D eigenvalue weighted by Gasteiger charge is -2.41. The molecule has 0 radical (unpaired) electrons. The second kappa shape index (κ2) is 8.47. The Hall–Kier alpha value is -2.48. The zero-order valence-electron chi connectivity index (χ0n) is 15.4. The van der Waals surface area contributed by atoms with Crippen molar-refractivity contribution in [1.29, 1.82) is 0 Å². The van der Waals surface area contributed by atoms with Crippen LogP contribution in [-0.4, -0.2) is 73.5 Å². The van der Waals surface area contributed by atoms with Crippen LogP contribution in [0.15, 0.2) is 24.3 Å². The Kier molecular flexibility index (Phi) is 6.05. The van der Waals surface area contributed by atoms with Gasteiger partial charge < -0.3 is 19.9 Å². The van der Waals surface area contributed by atoms with Gasteiger partial charge in [-0.05, 0) is 18.2 Å². The number of benzene rings is 1. The van der Waals surface area contributed by atoms with Crippen LogP contribution in [0.25, 0.3) is 0 Å². The van der Waals surface area contributed by atoms with E-state index in [1.54, 1.807) is 4.90 Å². The maximum atomic E-state index is 13.4. The van der Waals surface area contributed by atoms with Gasteiger partial charge >= 0.3 is 5.97 Å². The maximum Gasteiger partial charge on any atom is 0.330 e. The standard InChI is InChI=1S/C19H24FN3O4/c1-27-19(26)16-12-22(17(24)14-3-2-4-15(20)11-14)9-10-23(16)18(25)13-5-7-21-8-6-13/h2-4,11,13,16,21H,5-10,12H2,1H3/p+1/t16-/m0/s1. The van der Waals surface area contributed by atoms with Crippen molar-refractivity contribution in [2.45, 2.75) is 18.9 Å². The van der Waals surface area contributed by atoms with Gasteiger partial charge in [0.15, 0.2) is 0 Å². The summed E-state index contributed by atoms with van der Waals surface area (Å²) in [5.74, 6) is -1.53. The molecule has 7 nitrogen and oxygen atoms in total.